The lowest BCUT2D eigenvalue weighted by Crippen LogP contribution is -2.21. The summed E-state index contributed by atoms with van der Waals surface area (Å²) >= 11 is 0. The molecular formula is C15H28. The lowest BCUT2D eigenvalue weighted by Gasteiger charge is -2.34. The van der Waals surface area contributed by atoms with Gasteiger partial charge in [-0.1, -0.05) is 58.1 Å². The minimum Gasteiger partial charge on any atom is -0.0999 e. The summed E-state index contributed by atoms with van der Waals surface area (Å²) in [5.41, 5.74) is 1.53. The van der Waals surface area contributed by atoms with Crippen molar-refractivity contribution >= 4 is 0 Å². The average molecular weight is 208 g/mol. The van der Waals surface area contributed by atoms with Gasteiger partial charge in [0.1, 0.15) is 0 Å². The van der Waals surface area contributed by atoms with Crippen LogP contribution in [-0.4, -0.2) is 0 Å². The van der Waals surface area contributed by atoms with E-state index in [2.05, 4.69) is 6.58 Å². The maximum Gasteiger partial charge on any atom is -0.0292 e. The summed E-state index contributed by atoms with van der Waals surface area (Å²) in [5.74, 6) is 2.08. The Labute approximate surface area is 96.2 Å². The molecule has 2 rings (SSSR count). The van der Waals surface area contributed by atoms with Crippen molar-refractivity contribution in [1.82, 2.24) is 0 Å². The van der Waals surface area contributed by atoms with E-state index in [1.165, 1.54) is 63.4 Å². The van der Waals surface area contributed by atoms with Crippen LogP contribution in [0.1, 0.15) is 71.6 Å². The van der Waals surface area contributed by atoms with Crippen LogP contribution in [0.4, 0.5) is 0 Å². The second-order valence-corrected chi connectivity index (χ2v) is 5.00. The van der Waals surface area contributed by atoms with E-state index in [0.29, 0.717) is 0 Å². The van der Waals surface area contributed by atoms with E-state index >= 15 is 0 Å². The molecule has 0 aromatic heterocycles. The first kappa shape index (κ1) is 12.8. The summed E-state index contributed by atoms with van der Waals surface area (Å²) in [6.07, 6.45) is 13.1. The minimum atomic E-state index is 1.02. The number of fused-ring (bicyclic) bond motifs is 1. The van der Waals surface area contributed by atoms with Crippen LogP contribution in [0.15, 0.2) is 12.2 Å². The summed E-state index contributed by atoms with van der Waals surface area (Å²) in [5, 5.41) is 0. The molecule has 0 saturated heterocycles. The van der Waals surface area contributed by atoms with Gasteiger partial charge in [0.15, 0.2) is 0 Å². The van der Waals surface area contributed by atoms with Gasteiger partial charge in [0.05, 0.1) is 0 Å². The van der Waals surface area contributed by atoms with Crippen molar-refractivity contribution in [1.29, 1.82) is 0 Å². The van der Waals surface area contributed by atoms with Crippen LogP contribution in [0.25, 0.3) is 0 Å². The van der Waals surface area contributed by atoms with Crippen LogP contribution in [0, 0.1) is 11.8 Å². The molecule has 2 aliphatic rings. The van der Waals surface area contributed by atoms with E-state index in [1.54, 1.807) is 0 Å². The average Bonchev–Trinajstić information content (AvgIpc) is 2.23. The standard InChI is InChI=1S/C13H22.C2H6/c1-11-8-9-12-6-4-2-3-5-7-13(12)10-11;1-2/h12-13H,1-10H2;1-2H3. The van der Waals surface area contributed by atoms with Gasteiger partial charge in [-0.05, 0) is 37.5 Å². The summed E-state index contributed by atoms with van der Waals surface area (Å²) in [6.45, 7) is 8.16. The highest BCUT2D eigenvalue weighted by Gasteiger charge is 2.26. The molecule has 0 amide bonds. The zero-order chi connectivity index (χ0) is 11.1. The molecule has 0 aliphatic heterocycles. The van der Waals surface area contributed by atoms with Crippen molar-refractivity contribution in [2.45, 2.75) is 71.6 Å². The summed E-state index contributed by atoms with van der Waals surface area (Å²) in [4.78, 5) is 0. The molecule has 0 N–H and O–H groups in total. The Morgan fingerprint density at radius 1 is 0.867 bits per heavy atom. The quantitative estimate of drug-likeness (QED) is 0.471. The van der Waals surface area contributed by atoms with Gasteiger partial charge in [-0.25, -0.2) is 0 Å². The molecule has 15 heavy (non-hydrogen) atoms. The molecule has 0 radical (unpaired) electrons. The Morgan fingerprint density at radius 2 is 1.47 bits per heavy atom. The largest absolute Gasteiger partial charge is 0.0999 e. The Balaban J connectivity index is 0.000000531. The van der Waals surface area contributed by atoms with E-state index in [4.69, 9.17) is 0 Å². The summed E-state index contributed by atoms with van der Waals surface area (Å²) < 4.78 is 0. The molecule has 2 atom stereocenters. The molecule has 0 aromatic carbocycles. The molecule has 0 heterocycles. The molecule has 88 valence electrons. The Bertz CT molecular complexity index is 180. The maximum atomic E-state index is 4.16. The van der Waals surface area contributed by atoms with Crippen LogP contribution in [0.5, 0.6) is 0 Å². The van der Waals surface area contributed by atoms with E-state index in [1.807, 2.05) is 13.8 Å². The van der Waals surface area contributed by atoms with Crippen molar-refractivity contribution in [3.05, 3.63) is 12.2 Å². The highest BCUT2D eigenvalue weighted by molar-refractivity contribution is 5.01. The Hall–Kier alpha value is -0.260. The second kappa shape index (κ2) is 7.09. The van der Waals surface area contributed by atoms with Crippen LogP contribution >= 0.6 is 0 Å². The van der Waals surface area contributed by atoms with Gasteiger partial charge in [0.25, 0.3) is 0 Å². The molecule has 0 spiro atoms. The molecule has 0 aromatic rings. The first-order valence-corrected chi connectivity index (χ1v) is 7.03. The molecule has 2 aliphatic carbocycles. The molecule has 0 nitrogen and oxygen atoms in total. The third kappa shape index (κ3) is 4.01. The minimum absolute atomic E-state index is 1.02. The third-order valence-electron chi connectivity index (χ3n) is 3.99. The zero-order valence-electron chi connectivity index (χ0n) is 10.7. The van der Waals surface area contributed by atoms with E-state index in [0.717, 1.165) is 11.8 Å². The van der Waals surface area contributed by atoms with Crippen molar-refractivity contribution in [3.8, 4) is 0 Å². The monoisotopic (exact) mass is 208 g/mol. The smallest absolute Gasteiger partial charge is 0.0292 e. The number of allylic oxidation sites excluding steroid dienone is 1. The lowest BCUT2D eigenvalue weighted by atomic mass is 9.72. The third-order valence-corrected chi connectivity index (χ3v) is 3.99. The lowest BCUT2D eigenvalue weighted by molar-refractivity contribution is 0.221. The highest BCUT2D eigenvalue weighted by atomic mass is 14.3. The van der Waals surface area contributed by atoms with Gasteiger partial charge < -0.3 is 0 Å². The highest BCUT2D eigenvalue weighted by Crippen LogP contribution is 2.40. The molecule has 0 bridgehead atoms. The fourth-order valence-electron chi connectivity index (χ4n) is 3.15. The first-order valence-electron chi connectivity index (χ1n) is 7.03. The molecule has 2 saturated carbocycles. The van der Waals surface area contributed by atoms with Crippen LogP contribution < -0.4 is 0 Å². The normalized spacial score (nSPS) is 31.7. The Kier molecular flexibility index (Phi) is 6.05. The predicted molar refractivity (Wildman–Crippen MR) is 69.0 cm³/mol. The van der Waals surface area contributed by atoms with Gasteiger partial charge in [0, 0.05) is 0 Å². The maximum absolute atomic E-state index is 4.16. The van der Waals surface area contributed by atoms with Crippen molar-refractivity contribution < 1.29 is 0 Å². The SMILES string of the molecule is C=C1CCC2CCCCCCC2C1.CC. The fraction of sp³-hybridized carbons (Fsp3) is 0.867. The van der Waals surface area contributed by atoms with Gasteiger partial charge in [-0.2, -0.15) is 0 Å². The van der Waals surface area contributed by atoms with E-state index in [-0.39, 0.29) is 0 Å². The van der Waals surface area contributed by atoms with Crippen LogP contribution in [0.3, 0.4) is 0 Å². The summed E-state index contributed by atoms with van der Waals surface area (Å²) in [6, 6.07) is 0. The molecule has 0 heteroatoms. The molecular weight excluding hydrogens is 180 g/mol. The number of rotatable bonds is 0. The fourth-order valence-corrected chi connectivity index (χ4v) is 3.15. The van der Waals surface area contributed by atoms with Gasteiger partial charge >= 0.3 is 0 Å². The first-order chi connectivity index (χ1) is 7.36. The van der Waals surface area contributed by atoms with E-state index < -0.39 is 0 Å². The zero-order valence-corrected chi connectivity index (χ0v) is 10.7. The number of hydrogen-bond acceptors (Lipinski definition) is 0. The van der Waals surface area contributed by atoms with Gasteiger partial charge in [0.2, 0.25) is 0 Å². The van der Waals surface area contributed by atoms with Crippen molar-refractivity contribution in [2.75, 3.05) is 0 Å². The van der Waals surface area contributed by atoms with Gasteiger partial charge in [-0.3, -0.25) is 0 Å². The molecule has 2 unspecified atom stereocenters. The van der Waals surface area contributed by atoms with Crippen LogP contribution in [-0.2, 0) is 0 Å². The predicted octanol–water partition coefficient (Wildman–Crippen LogP) is 5.34. The number of hydrogen-bond donors (Lipinski definition) is 0. The van der Waals surface area contributed by atoms with Gasteiger partial charge in [-0.15, -0.1) is 0 Å². The molecule has 2 fully saturated rings. The topological polar surface area (TPSA) is 0 Å². The van der Waals surface area contributed by atoms with E-state index in [9.17, 15) is 0 Å². The second-order valence-electron chi connectivity index (χ2n) is 5.00. The Morgan fingerprint density at radius 3 is 2.13 bits per heavy atom. The summed E-state index contributed by atoms with van der Waals surface area (Å²) in [7, 11) is 0. The van der Waals surface area contributed by atoms with Crippen LogP contribution in [0.2, 0.25) is 0 Å². The van der Waals surface area contributed by atoms with Crippen molar-refractivity contribution in [2.24, 2.45) is 11.8 Å². The van der Waals surface area contributed by atoms with Crippen molar-refractivity contribution in [3.63, 3.8) is 0 Å².